The highest BCUT2D eigenvalue weighted by molar-refractivity contribution is 5.75. The van der Waals surface area contributed by atoms with E-state index in [9.17, 15) is 4.79 Å². The molecule has 0 saturated heterocycles. The fourth-order valence-corrected chi connectivity index (χ4v) is 3.26. The van der Waals surface area contributed by atoms with Gasteiger partial charge in [0.25, 0.3) is 0 Å². The number of hydrogen-bond acceptors (Lipinski definition) is 3. The molecule has 1 aliphatic carbocycles. The normalized spacial score (nSPS) is 20.2. The van der Waals surface area contributed by atoms with Gasteiger partial charge in [-0.05, 0) is 62.3 Å². The van der Waals surface area contributed by atoms with Gasteiger partial charge in [0, 0.05) is 6.42 Å². The molecular weight excluding hydrogens is 300 g/mol. The first-order valence-corrected chi connectivity index (χ1v) is 9.11. The third kappa shape index (κ3) is 5.92. The second kappa shape index (κ2) is 10.0. The van der Waals surface area contributed by atoms with Gasteiger partial charge in [-0.3, -0.25) is 4.79 Å². The summed E-state index contributed by atoms with van der Waals surface area (Å²) in [5.41, 5.74) is 0. The molecule has 3 nitrogen and oxygen atoms in total. The molecule has 1 aliphatic rings. The van der Waals surface area contributed by atoms with Crippen LogP contribution >= 0.6 is 0 Å². The summed E-state index contributed by atoms with van der Waals surface area (Å²) < 4.78 is 11.1. The number of terminal acetylenes is 1. The molecule has 0 amide bonds. The molecule has 0 aromatic heterocycles. The molecule has 0 bridgehead atoms. The predicted octanol–water partition coefficient (Wildman–Crippen LogP) is 4.99. The summed E-state index contributed by atoms with van der Waals surface area (Å²) in [6.07, 6.45) is 13.5. The van der Waals surface area contributed by atoms with E-state index in [2.05, 4.69) is 12.8 Å². The first-order valence-electron chi connectivity index (χ1n) is 9.11. The number of benzene rings is 1. The van der Waals surface area contributed by atoms with Crippen LogP contribution in [0.25, 0.3) is 0 Å². The van der Waals surface area contributed by atoms with Crippen molar-refractivity contribution in [2.45, 2.75) is 58.3 Å². The topological polar surface area (TPSA) is 35.5 Å². The average Bonchev–Trinajstić information content (AvgIpc) is 2.61. The molecule has 130 valence electrons. The Morgan fingerprint density at radius 1 is 1.17 bits per heavy atom. The average molecular weight is 328 g/mol. The minimum atomic E-state index is -0.0902. The van der Waals surface area contributed by atoms with E-state index < -0.39 is 0 Å². The van der Waals surface area contributed by atoms with Gasteiger partial charge in [-0.25, -0.2) is 0 Å². The van der Waals surface area contributed by atoms with Gasteiger partial charge in [0.2, 0.25) is 0 Å². The van der Waals surface area contributed by atoms with E-state index in [1.165, 1.54) is 12.8 Å². The third-order valence-corrected chi connectivity index (χ3v) is 4.65. The molecule has 0 radical (unpaired) electrons. The summed E-state index contributed by atoms with van der Waals surface area (Å²) in [5.74, 6) is 4.71. The van der Waals surface area contributed by atoms with Crippen LogP contribution in [-0.4, -0.2) is 12.6 Å². The Balaban J connectivity index is 1.75. The second-order valence-electron chi connectivity index (χ2n) is 6.55. The Hall–Kier alpha value is -1.95. The number of esters is 1. The first kappa shape index (κ1) is 18.4. The largest absolute Gasteiger partial charge is 0.494 e. The molecule has 1 saturated carbocycles. The Kier molecular flexibility index (Phi) is 7.68. The molecule has 3 heteroatoms. The smallest absolute Gasteiger partial charge is 0.314 e. The summed E-state index contributed by atoms with van der Waals surface area (Å²) in [6, 6.07) is 7.24. The van der Waals surface area contributed by atoms with E-state index in [0.717, 1.165) is 50.2 Å². The van der Waals surface area contributed by atoms with E-state index in [0.29, 0.717) is 12.4 Å². The Labute approximate surface area is 145 Å². The summed E-state index contributed by atoms with van der Waals surface area (Å²) in [4.78, 5) is 12.3. The molecule has 0 unspecified atom stereocenters. The van der Waals surface area contributed by atoms with Crippen LogP contribution in [0.5, 0.6) is 11.5 Å². The number of carbonyl (C=O) groups excluding carboxylic acids is 1. The van der Waals surface area contributed by atoms with Crippen LogP contribution in [-0.2, 0) is 4.79 Å². The number of ether oxygens (including phenoxy) is 2. The Morgan fingerprint density at radius 2 is 1.83 bits per heavy atom. The van der Waals surface area contributed by atoms with Crippen LogP contribution in [0.2, 0.25) is 0 Å². The van der Waals surface area contributed by atoms with E-state index in [-0.39, 0.29) is 11.9 Å². The maximum absolute atomic E-state index is 12.3. The van der Waals surface area contributed by atoms with Crippen molar-refractivity contribution in [1.82, 2.24) is 0 Å². The van der Waals surface area contributed by atoms with Gasteiger partial charge in [-0.1, -0.05) is 19.8 Å². The lowest BCUT2D eigenvalue weighted by Crippen LogP contribution is -2.25. The van der Waals surface area contributed by atoms with Crippen LogP contribution in [0.4, 0.5) is 0 Å². The SMILES string of the molecule is C#CCCCOc1ccc(OC(=O)C2CCC(CCC)CC2)cc1. The highest BCUT2D eigenvalue weighted by atomic mass is 16.5. The molecule has 0 heterocycles. The maximum atomic E-state index is 12.3. The lowest BCUT2D eigenvalue weighted by molar-refractivity contribution is -0.140. The monoisotopic (exact) mass is 328 g/mol. The van der Waals surface area contributed by atoms with Crippen molar-refractivity contribution >= 4 is 5.97 Å². The number of hydrogen-bond donors (Lipinski definition) is 0. The molecule has 0 N–H and O–H groups in total. The molecule has 0 spiro atoms. The summed E-state index contributed by atoms with van der Waals surface area (Å²) in [7, 11) is 0. The minimum absolute atomic E-state index is 0.0535. The molecule has 24 heavy (non-hydrogen) atoms. The van der Waals surface area contributed by atoms with Gasteiger partial charge in [-0.2, -0.15) is 0 Å². The predicted molar refractivity (Wildman–Crippen MR) is 96.0 cm³/mol. The highest BCUT2D eigenvalue weighted by Gasteiger charge is 2.27. The van der Waals surface area contributed by atoms with Gasteiger partial charge in [0.15, 0.2) is 0 Å². The van der Waals surface area contributed by atoms with Gasteiger partial charge in [0.1, 0.15) is 11.5 Å². The van der Waals surface area contributed by atoms with Crippen molar-refractivity contribution in [3.63, 3.8) is 0 Å². The van der Waals surface area contributed by atoms with Crippen molar-refractivity contribution < 1.29 is 14.3 Å². The van der Waals surface area contributed by atoms with Crippen LogP contribution < -0.4 is 9.47 Å². The summed E-state index contributed by atoms with van der Waals surface area (Å²) >= 11 is 0. The molecule has 0 aliphatic heterocycles. The minimum Gasteiger partial charge on any atom is -0.494 e. The van der Waals surface area contributed by atoms with Crippen molar-refractivity contribution in [3.8, 4) is 23.8 Å². The van der Waals surface area contributed by atoms with Crippen molar-refractivity contribution in [1.29, 1.82) is 0 Å². The first-order chi connectivity index (χ1) is 11.7. The molecule has 1 fully saturated rings. The van der Waals surface area contributed by atoms with Gasteiger partial charge < -0.3 is 9.47 Å². The maximum Gasteiger partial charge on any atom is 0.314 e. The lowest BCUT2D eigenvalue weighted by Gasteiger charge is -2.26. The number of rotatable bonds is 8. The Morgan fingerprint density at radius 3 is 2.46 bits per heavy atom. The van der Waals surface area contributed by atoms with E-state index in [1.54, 1.807) is 12.1 Å². The fourth-order valence-electron chi connectivity index (χ4n) is 3.26. The quantitative estimate of drug-likeness (QED) is 0.292. The van der Waals surface area contributed by atoms with Crippen molar-refractivity contribution in [2.75, 3.05) is 6.61 Å². The zero-order valence-electron chi connectivity index (χ0n) is 14.6. The van der Waals surface area contributed by atoms with Crippen LogP contribution in [0.1, 0.15) is 58.3 Å². The van der Waals surface area contributed by atoms with Crippen molar-refractivity contribution in [3.05, 3.63) is 24.3 Å². The van der Waals surface area contributed by atoms with E-state index in [4.69, 9.17) is 15.9 Å². The van der Waals surface area contributed by atoms with E-state index >= 15 is 0 Å². The Bertz CT molecular complexity index is 533. The summed E-state index contributed by atoms with van der Waals surface area (Å²) in [5, 5.41) is 0. The molecule has 2 rings (SSSR count). The van der Waals surface area contributed by atoms with Crippen molar-refractivity contribution in [2.24, 2.45) is 11.8 Å². The number of unbranched alkanes of at least 4 members (excludes halogenated alkanes) is 1. The van der Waals surface area contributed by atoms with Gasteiger partial charge in [0.05, 0.1) is 12.5 Å². The lowest BCUT2D eigenvalue weighted by atomic mass is 9.80. The van der Waals surface area contributed by atoms with Crippen LogP contribution in [0.15, 0.2) is 24.3 Å². The third-order valence-electron chi connectivity index (χ3n) is 4.65. The van der Waals surface area contributed by atoms with Crippen LogP contribution in [0, 0.1) is 24.2 Å². The molecule has 1 aromatic carbocycles. The zero-order valence-corrected chi connectivity index (χ0v) is 14.6. The highest BCUT2D eigenvalue weighted by Crippen LogP contribution is 2.32. The van der Waals surface area contributed by atoms with Gasteiger partial charge in [-0.15, -0.1) is 12.3 Å². The van der Waals surface area contributed by atoms with Crippen LogP contribution in [0.3, 0.4) is 0 Å². The molecule has 0 atom stereocenters. The molecule has 1 aromatic rings. The summed E-state index contributed by atoms with van der Waals surface area (Å²) in [6.45, 7) is 2.83. The fraction of sp³-hybridized carbons (Fsp3) is 0.571. The zero-order chi connectivity index (χ0) is 17.2. The standard InChI is InChI=1S/C21H28O3/c1-3-5-6-16-23-19-12-14-20(15-13-19)24-21(22)18-10-8-17(7-4-2)9-11-18/h1,12-15,17-18H,4-11,16H2,2H3. The van der Waals surface area contributed by atoms with Gasteiger partial charge >= 0.3 is 5.97 Å². The number of carbonyl (C=O) groups is 1. The van der Waals surface area contributed by atoms with E-state index in [1.807, 2.05) is 12.1 Å². The second-order valence-corrected chi connectivity index (χ2v) is 6.55. The molecular formula is C21H28O3.